The van der Waals surface area contributed by atoms with Crippen molar-refractivity contribution in [3.05, 3.63) is 0 Å². The molecule has 0 aromatic rings. The van der Waals surface area contributed by atoms with Gasteiger partial charge < -0.3 is 5.32 Å². The lowest BCUT2D eigenvalue weighted by Crippen LogP contribution is -2.47. The van der Waals surface area contributed by atoms with Crippen LogP contribution < -0.4 is 5.32 Å². The van der Waals surface area contributed by atoms with E-state index in [9.17, 15) is 4.79 Å². The third-order valence-corrected chi connectivity index (χ3v) is 1.69. The van der Waals surface area contributed by atoms with Crippen molar-refractivity contribution in [2.45, 2.75) is 6.42 Å². The second-order valence-electron chi connectivity index (χ2n) is 2.58. The van der Waals surface area contributed by atoms with Gasteiger partial charge in [0.15, 0.2) is 0 Å². The summed E-state index contributed by atoms with van der Waals surface area (Å²) in [5, 5.41) is 2.76. The SMILES string of the molecule is C#CCCN1CCNC(=O)C1. The van der Waals surface area contributed by atoms with E-state index in [1.807, 2.05) is 0 Å². The molecular formula is C8H12N2O. The molecule has 1 saturated heterocycles. The molecule has 0 bridgehead atoms. The predicted molar refractivity (Wildman–Crippen MR) is 42.9 cm³/mol. The van der Waals surface area contributed by atoms with Crippen molar-refractivity contribution in [1.82, 2.24) is 10.2 Å². The van der Waals surface area contributed by atoms with Gasteiger partial charge in [0.1, 0.15) is 0 Å². The topological polar surface area (TPSA) is 32.3 Å². The molecule has 0 spiro atoms. The van der Waals surface area contributed by atoms with Crippen LogP contribution in [0.1, 0.15) is 6.42 Å². The maximum absolute atomic E-state index is 10.8. The lowest BCUT2D eigenvalue weighted by atomic mass is 10.3. The zero-order valence-electron chi connectivity index (χ0n) is 6.47. The maximum Gasteiger partial charge on any atom is 0.234 e. The minimum absolute atomic E-state index is 0.105. The summed E-state index contributed by atoms with van der Waals surface area (Å²) in [5.41, 5.74) is 0. The molecule has 0 aromatic carbocycles. The number of hydrogen-bond donors (Lipinski definition) is 1. The van der Waals surface area contributed by atoms with Crippen molar-refractivity contribution in [2.24, 2.45) is 0 Å². The normalized spacial score (nSPS) is 19.0. The van der Waals surface area contributed by atoms with Crippen LogP contribution in [0.2, 0.25) is 0 Å². The number of carbonyl (C=O) groups is 1. The highest BCUT2D eigenvalue weighted by atomic mass is 16.2. The van der Waals surface area contributed by atoms with E-state index in [0.717, 1.165) is 26.1 Å². The number of hydrogen-bond acceptors (Lipinski definition) is 2. The van der Waals surface area contributed by atoms with E-state index in [0.29, 0.717) is 6.54 Å². The smallest absolute Gasteiger partial charge is 0.234 e. The average Bonchev–Trinajstić information content (AvgIpc) is 2.01. The fraction of sp³-hybridized carbons (Fsp3) is 0.625. The van der Waals surface area contributed by atoms with Crippen LogP contribution >= 0.6 is 0 Å². The van der Waals surface area contributed by atoms with Gasteiger partial charge in [0.25, 0.3) is 0 Å². The summed E-state index contributed by atoms with van der Waals surface area (Å²) in [6.07, 6.45) is 5.83. The van der Waals surface area contributed by atoms with Crippen molar-refractivity contribution in [1.29, 1.82) is 0 Å². The molecule has 3 heteroatoms. The molecule has 1 rings (SSSR count). The van der Waals surface area contributed by atoms with E-state index in [-0.39, 0.29) is 5.91 Å². The summed E-state index contributed by atoms with van der Waals surface area (Å²) >= 11 is 0. The predicted octanol–water partition coefficient (Wildman–Crippen LogP) is -0.558. The van der Waals surface area contributed by atoms with Crippen LogP contribution in [0.5, 0.6) is 0 Å². The Morgan fingerprint density at radius 1 is 1.73 bits per heavy atom. The number of rotatable bonds is 2. The fourth-order valence-corrected chi connectivity index (χ4v) is 1.11. The largest absolute Gasteiger partial charge is 0.354 e. The molecule has 0 atom stereocenters. The minimum Gasteiger partial charge on any atom is -0.354 e. The molecule has 1 amide bonds. The van der Waals surface area contributed by atoms with Crippen LogP contribution in [-0.2, 0) is 4.79 Å². The summed E-state index contributed by atoms with van der Waals surface area (Å²) in [6, 6.07) is 0. The second kappa shape index (κ2) is 3.99. The first-order chi connectivity index (χ1) is 5.33. The summed E-state index contributed by atoms with van der Waals surface area (Å²) in [4.78, 5) is 12.9. The Labute approximate surface area is 66.8 Å². The van der Waals surface area contributed by atoms with Gasteiger partial charge in [-0.3, -0.25) is 9.69 Å². The van der Waals surface area contributed by atoms with Gasteiger partial charge in [-0.1, -0.05) is 0 Å². The molecular weight excluding hydrogens is 140 g/mol. The molecule has 0 aliphatic carbocycles. The molecule has 1 heterocycles. The average molecular weight is 152 g/mol. The Bertz CT molecular complexity index is 183. The number of nitrogens with zero attached hydrogens (tertiary/aromatic N) is 1. The molecule has 1 fully saturated rings. The molecule has 0 radical (unpaired) electrons. The van der Waals surface area contributed by atoms with Crippen LogP contribution in [0.4, 0.5) is 0 Å². The van der Waals surface area contributed by atoms with Gasteiger partial charge in [0.2, 0.25) is 5.91 Å². The second-order valence-corrected chi connectivity index (χ2v) is 2.58. The van der Waals surface area contributed by atoms with Crippen molar-refractivity contribution in [2.75, 3.05) is 26.2 Å². The quantitative estimate of drug-likeness (QED) is 0.538. The molecule has 0 unspecified atom stereocenters. The first kappa shape index (κ1) is 8.09. The monoisotopic (exact) mass is 152 g/mol. The third-order valence-electron chi connectivity index (χ3n) is 1.69. The summed E-state index contributed by atoms with van der Waals surface area (Å²) in [5.74, 6) is 2.66. The molecule has 11 heavy (non-hydrogen) atoms. The Balaban J connectivity index is 2.24. The number of terminal acetylenes is 1. The van der Waals surface area contributed by atoms with Gasteiger partial charge in [0.05, 0.1) is 6.54 Å². The molecule has 1 aliphatic heterocycles. The van der Waals surface area contributed by atoms with E-state index in [4.69, 9.17) is 6.42 Å². The summed E-state index contributed by atoms with van der Waals surface area (Å²) in [6.45, 7) is 3.02. The highest BCUT2D eigenvalue weighted by Gasteiger charge is 2.14. The molecule has 0 aromatic heterocycles. The lowest BCUT2D eigenvalue weighted by molar-refractivity contribution is -0.124. The Hall–Kier alpha value is -1.01. The standard InChI is InChI=1S/C8H12N2O/c1-2-3-5-10-6-4-9-8(11)7-10/h1H,3-7H2,(H,9,11). The van der Waals surface area contributed by atoms with Gasteiger partial charge >= 0.3 is 0 Å². The van der Waals surface area contributed by atoms with E-state index in [2.05, 4.69) is 16.1 Å². The molecule has 1 aliphatic rings. The van der Waals surface area contributed by atoms with E-state index < -0.39 is 0 Å². The van der Waals surface area contributed by atoms with Crippen LogP contribution in [0.3, 0.4) is 0 Å². The Kier molecular flexibility index (Phi) is 2.94. The number of amides is 1. The molecule has 1 N–H and O–H groups in total. The fourth-order valence-electron chi connectivity index (χ4n) is 1.11. The summed E-state index contributed by atoms with van der Waals surface area (Å²) < 4.78 is 0. The van der Waals surface area contributed by atoms with Crippen molar-refractivity contribution >= 4 is 5.91 Å². The minimum atomic E-state index is 0.105. The van der Waals surface area contributed by atoms with E-state index >= 15 is 0 Å². The molecule has 3 nitrogen and oxygen atoms in total. The zero-order chi connectivity index (χ0) is 8.10. The maximum atomic E-state index is 10.8. The highest BCUT2D eigenvalue weighted by Crippen LogP contribution is 1.93. The highest BCUT2D eigenvalue weighted by molar-refractivity contribution is 5.78. The van der Waals surface area contributed by atoms with Crippen LogP contribution in [0.25, 0.3) is 0 Å². The zero-order valence-corrected chi connectivity index (χ0v) is 6.47. The Morgan fingerprint density at radius 2 is 2.55 bits per heavy atom. The molecule has 60 valence electrons. The summed E-state index contributed by atoms with van der Waals surface area (Å²) in [7, 11) is 0. The molecule has 0 saturated carbocycles. The lowest BCUT2D eigenvalue weighted by Gasteiger charge is -2.25. The van der Waals surface area contributed by atoms with Gasteiger partial charge in [-0.2, -0.15) is 0 Å². The van der Waals surface area contributed by atoms with E-state index in [1.165, 1.54) is 0 Å². The van der Waals surface area contributed by atoms with Crippen LogP contribution in [0, 0.1) is 12.3 Å². The third kappa shape index (κ3) is 2.60. The van der Waals surface area contributed by atoms with Crippen LogP contribution in [-0.4, -0.2) is 37.0 Å². The number of carbonyl (C=O) groups excluding carboxylic acids is 1. The van der Waals surface area contributed by atoms with Gasteiger partial charge in [-0.25, -0.2) is 0 Å². The van der Waals surface area contributed by atoms with Gasteiger partial charge in [-0.05, 0) is 0 Å². The number of nitrogens with one attached hydrogen (secondary N) is 1. The Morgan fingerprint density at radius 3 is 3.18 bits per heavy atom. The van der Waals surface area contributed by atoms with Crippen molar-refractivity contribution < 1.29 is 4.79 Å². The van der Waals surface area contributed by atoms with Crippen molar-refractivity contribution in [3.8, 4) is 12.3 Å². The van der Waals surface area contributed by atoms with Crippen LogP contribution in [0.15, 0.2) is 0 Å². The van der Waals surface area contributed by atoms with Gasteiger partial charge in [0, 0.05) is 26.1 Å². The first-order valence-electron chi connectivity index (χ1n) is 3.75. The van der Waals surface area contributed by atoms with Gasteiger partial charge in [-0.15, -0.1) is 12.3 Å². The first-order valence-corrected chi connectivity index (χ1v) is 3.75. The van der Waals surface area contributed by atoms with E-state index in [1.54, 1.807) is 0 Å². The number of piperazine rings is 1. The van der Waals surface area contributed by atoms with Crippen molar-refractivity contribution in [3.63, 3.8) is 0 Å².